The first-order valence-electron chi connectivity index (χ1n) is 10.3. The second-order valence-corrected chi connectivity index (χ2v) is 7.31. The van der Waals surface area contributed by atoms with Crippen LogP contribution in [0.4, 0.5) is 0 Å². The summed E-state index contributed by atoms with van der Waals surface area (Å²) in [6, 6.07) is 0. The van der Waals surface area contributed by atoms with Crippen molar-refractivity contribution >= 4 is 11.9 Å². The zero-order valence-corrected chi connectivity index (χ0v) is 17.0. The summed E-state index contributed by atoms with van der Waals surface area (Å²) in [6.45, 7) is 9.48. The van der Waals surface area contributed by atoms with Crippen molar-refractivity contribution in [1.29, 1.82) is 0 Å². The molecule has 1 atom stereocenters. The van der Waals surface area contributed by atoms with Crippen molar-refractivity contribution in [3.63, 3.8) is 0 Å². The monoisotopic (exact) mass is 356 g/mol. The second kappa shape index (κ2) is 16.4. The van der Waals surface area contributed by atoms with Gasteiger partial charge in [0.25, 0.3) is 0 Å². The number of ether oxygens (including phenoxy) is 2. The minimum absolute atomic E-state index is 0.0458. The number of esters is 2. The van der Waals surface area contributed by atoms with Gasteiger partial charge in [-0.3, -0.25) is 9.59 Å². The van der Waals surface area contributed by atoms with E-state index in [-0.39, 0.29) is 11.9 Å². The van der Waals surface area contributed by atoms with Crippen LogP contribution in [0.3, 0.4) is 0 Å². The van der Waals surface area contributed by atoms with Gasteiger partial charge in [-0.25, -0.2) is 0 Å². The number of carbonyl (C=O) groups excluding carboxylic acids is 2. The molecule has 0 aromatic carbocycles. The molecule has 0 fully saturated rings. The Morgan fingerprint density at radius 1 is 0.760 bits per heavy atom. The lowest BCUT2D eigenvalue weighted by molar-refractivity contribution is -0.145. The van der Waals surface area contributed by atoms with Gasteiger partial charge < -0.3 is 9.47 Å². The minimum atomic E-state index is -0.0587. The molecule has 0 saturated carbocycles. The molecule has 4 nitrogen and oxygen atoms in total. The van der Waals surface area contributed by atoms with E-state index in [1.54, 1.807) is 0 Å². The summed E-state index contributed by atoms with van der Waals surface area (Å²) in [5, 5.41) is 0. The maximum atomic E-state index is 11.8. The van der Waals surface area contributed by atoms with Crippen LogP contribution in [0.5, 0.6) is 0 Å². The molecule has 0 bridgehead atoms. The molecule has 0 aliphatic carbocycles. The molecule has 0 amide bonds. The molecule has 0 rings (SSSR count). The molecule has 0 radical (unpaired) electrons. The maximum Gasteiger partial charge on any atom is 0.306 e. The normalized spacial score (nSPS) is 12.2. The molecule has 0 aromatic heterocycles. The van der Waals surface area contributed by atoms with Crippen LogP contribution in [0.15, 0.2) is 0 Å². The maximum absolute atomic E-state index is 11.8. The van der Waals surface area contributed by atoms with Crippen LogP contribution in [-0.4, -0.2) is 25.2 Å². The fourth-order valence-electron chi connectivity index (χ4n) is 2.83. The Labute approximate surface area is 155 Å². The number of hydrogen-bond acceptors (Lipinski definition) is 4. The Morgan fingerprint density at radius 2 is 1.28 bits per heavy atom. The van der Waals surface area contributed by atoms with Gasteiger partial charge in [0.15, 0.2) is 0 Å². The second-order valence-electron chi connectivity index (χ2n) is 7.31. The molecule has 4 heteroatoms. The number of carbonyl (C=O) groups is 2. The van der Waals surface area contributed by atoms with Gasteiger partial charge in [-0.2, -0.15) is 0 Å². The van der Waals surface area contributed by atoms with Crippen molar-refractivity contribution in [3.05, 3.63) is 0 Å². The third kappa shape index (κ3) is 14.9. The van der Waals surface area contributed by atoms with Crippen LogP contribution in [0, 0.1) is 11.8 Å². The Morgan fingerprint density at radius 3 is 1.84 bits per heavy atom. The third-order valence-electron chi connectivity index (χ3n) is 4.51. The van der Waals surface area contributed by atoms with Crippen molar-refractivity contribution < 1.29 is 19.1 Å². The summed E-state index contributed by atoms with van der Waals surface area (Å²) in [5.41, 5.74) is 0. The average molecular weight is 357 g/mol. The van der Waals surface area contributed by atoms with Gasteiger partial charge in [-0.1, -0.05) is 59.8 Å². The predicted octanol–water partition coefficient (Wildman–Crippen LogP) is 5.68. The van der Waals surface area contributed by atoms with Crippen molar-refractivity contribution in [2.24, 2.45) is 11.8 Å². The molecule has 148 valence electrons. The molecule has 0 spiro atoms. The quantitative estimate of drug-likeness (QED) is 0.264. The molecule has 0 heterocycles. The number of rotatable bonds is 16. The van der Waals surface area contributed by atoms with Crippen LogP contribution in [0.25, 0.3) is 0 Å². The van der Waals surface area contributed by atoms with Gasteiger partial charge in [0.2, 0.25) is 0 Å². The molecule has 0 saturated heterocycles. The van der Waals surface area contributed by atoms with Crippen LogP contribution in [-0.2, 0) is 19.1 Å². The first-order valence-corrected chi connectivity index (χ1v) is 10.3. The van der Waals surface area contributed by atoms with Crippen molar-refractivity contribution in [3.8, 4) is 0 Å². The first-order chi connectivity index (χ1) is 12.0. The Balaban J connectivity index is 3.65. The molecule has 0 N–H and O–H groups in total. The van der Waals surface area contributed by atoms with Gasteiger partial charge >= 0.3 is 11.9 Å². The Kier molecular flexibility index (Phi) is 15.7. The lowest BCUT2D eigenvalue weighted by Crippen LogP contribution is -2.16. The topological polar surface area (TPSA) is 52.6 Å². The summed E-state index contributed by atoms with van der Waals surface area (Å²) in [5.74, 6) is 0.841. The minimum Gasteiger partial charge on any atom is -0.466 e. The average Bonchev–Trinajstić information content (AvgIpc) is 2.58. The molecule has 0 aromatic rings. The molecule has 0 aliphatic heterocycles. The summed E-state index contributed by atoms with van der Waals surface area (Å²) in [6.07, 6.45) is 10.7. The molecule has 1 unspecified atom stereocenters. The van der Waals surface area contributed by atoms with Crippen LogP contribution in [0.2, 0.25) is 0 Å². The van der Waals surface area contributed by atoms with Crippen LogP contribution in [0.1, 0.15) is 98.3 Å². The highest BCUT2D eigenvalue weighted by Crippen LogP contribution is 2.23. The summed E-state index contributed by atoms with van der Waals surface area (Å²) < 4.78 is 10.3. The van der Waals surface area contributed by atoms with Crippen molar-refractivity contribution in [2.75, 3.05) is 13.2 Å². The predicted molar refractivity (Wildman–Crippen MR) is 102 cm³/mol. The fourth-order valence-corrected chi connectivity index (χ4v) is 2.83. The van der Waals surface area contributed by atoms with Gasteiger partial charge in [0.05, 0.1) is 13.2 Å². The molecular formula is C21H40O4. The van der Waals surface area contributed by atoms with E-state index in [4.69, 9.17) is 9.47 Å². The number of hydrogen-bond donors (Lipinski definition) is 0. The lowest BCUT2D eigenvalue weighted by Gasteiger charge is -2.20. The Bertz CT molecular complexity index is 339. The number of unbranched alkanes of at least 4 members (excludes halogenated alkanes) is 5. The highest BCUT2D eigenvalue weighted by molar-refractivity contribution is 5.69. The summed E-state index contributed by atoms with van der Waals surface area (Å²) in [7, 11) is 0. The van der Waals surface area contributed by atoms with E-state index >= 15 is 0 Å². The van der Waals surface area contributed by atoms with Crippen molar-refractivity contribution in [1.82, 2.24) is 0 Å². The van der Waals surface area contributed by atoms with Crippen LogP contribution >= 0.6 is 0 Å². The summed E-state index contributed by atoms with van der Waals surface area (Å²) >= 11 is 0. The zero-order valence-electron chi connectivity index (χ0n) is 17.0. The smallest absolute Gasteiger partial charge is 0.306 e. The van der Waals surface area contributed by atoms with E-state index in [0.717, 1.165) is 32.1 Å². The molecular weight excluding hydrogens is 316 g/mol. The van der Waals surface area contributed by atoms with E-state index in [2.05, 4.69) is 13.8 Å². The standard InChI is InChI=1S/C21H40O4/c1-5-15-24-20(22)14-12-10-8-7-9-11-13-19(18(3)4)17-21(23)25-16-6-2/h18-19H,5-17H2,1-4H3. The third-order valence-corrected chi connectivity index (χ3v) is 4.51. The Hall–Kier alpha value is -1.06. The molecule has 25 heavy (non-hydrogen) atoms. The highest BCUT2D eigenvalue weighted by Gasteiger charge is 2.18. The van der Waals surface area contributed by atoms with Crippen molar-refractivity contribution in [2.45, 2.75) is 98.3 Å². The zero-order chi connectivity index (χ0) is 18.9. The van der Waals surface area contributed by atoms with Gasteiger partial charge in [-0.15, -0.1) is 0 Å². The van der Waals surface area contributed by atoms with Gasteiger partial charge in [0, 0.05) is 12.8 Å². The van der Waals surface area contributed by atoms with E-state index in [1.165, 1.54) is 25.7 Å². The van der Waals surface area contributed by atoms with Crippen LogP contribution < -0.4 is 0 Å². The molecule has 0 aliphatic rings. The summed E-state index contributed by atoms with van der Waals surface area (Å²) in [4.78, 5) is 23.2. The van der Waals surface area contributed by atoms with E-state index in [0.29, 0.717) is 37.9 Å². The SMILES string of the molecule is CCCOC(=O)CCCCCCCCC(CC(=O)OCCC)C(C)C. The van der Waals surface area contributed by atoms with Gasteiger partial charge in [-0.05, 0) is 37.5 Å². The largest absolute Gasteiger partial charge is 0.466 e. The van der Waals surface area contributed by atoms with E-state index in [9.17, 15) is 9.59 Å². The van der Waals surface area contributed by atoms with Gasteiger partial charge in [0.1, 0.15) is 0 Å². The lowest BCUT2D eigenvalue weighted by atomic mass is 9.87. The van der Waals surface area contributed by atoms with E-state index < -0.39 is 0 Å². The van der Waals surface area contributed by atoms with E-state index in [1.807, 2.05) is 13.8 Å². The first kappa shape index (κ1) is 23.9. The highest BCUT2D eigenvalue weighted by atomic mass is 16.5. The fraction of sp³-hybridized carbons (Fsp3) is 0.905.